The van der Waals surface area contributed by atoms with Crippen molar-refractivity contribution in [1.82, 2.24) is 15.5 Å². The van der Waals surface area contributed by atoms with Gasteiger partial charge in [-0.15, -0.1) is 0 Å². The minimum atomic E-state index is -0.593. The Bertz CT molecular complexity index is 960. The highest BCUT2D eigenvalue weighted by atomic mass is 16.6. The zero-order valence-corrected chi connectivity index (χ0v) is 26.0. The molecule has 2 rings (SSSR count). The van der Waals surface area contributed by atoms with Crippen molar-refractivity contribution < 1.29 is 19.1 Å². The maximum atomic E-state index is 12.8. The summed E-state index contributed by atoms with van der Waals surface area (Å²) >= 11 is 0. The lowest BCUT2D eigenvalue weighted by molar-refractivity contribution is 0.0472. The van der Waals surface area contributed by atoms with Gasteiger partial charge in [-0.25, -0.2) is 9.59 Å². The summed E-state index contributed by atoms with van der Waals surface area (Å²) in [5.74, 6) is 0. The Morgan fingerprint density at radius 1 is 0.650 bits per heavy atom. The van der Waals surface area contributed by atoms with E-state index in [-0.39, 0.29) is 17.5 Å². The van der Waals surface area contributed by atoms with E-state index in [9.17, 15) is 9.59 Å². The number of rotatable bonds is 11. The van der Waals surface area contributed by atoms with Crippen molar-refractivity contribution >= 4 is 12.2 Å². The Hall–Kier alpha value is -3.06. The molecule has 2 atom stereocenters. The number of nitrogens with one attached hydrogen (secondary N) is 2. The third-order valence-electron chi connectivity index (χ3n) is 5.75. The summed E-state index contributed by atoms with van der Waals surface area (Å²) in [7, 11) is 0. The van der Waals surface area contributed by atoms with Gasteiger partial charge >= 0.3 is 12.2 Å². The normalized spacial score (nSPS) is 13.8. The number of amides is 2. The quantitative estimate of drug-likeness (QED) is 0.327. The Kier molecular flexibility index (Phi) is 12.0. The number of hydrogen-bond acceptors (Lipinski definition) is 5. The number of ether oxygens (including phenoxy) is 2. The minimum Gasteiger partial charge on any atom is -0.444 e. The van der Waals surface area contributed by atoms with Gasteiger partial charge in [-0.05, 0) is 70.9 Å². The predicted molar refractivity (Wildman–Crippen MR) is 163 cm³/mol. The molecule has 0 aliphatic carbocycles. The lowest BCUT2D eigenvalue weighted by Crippen LogP contribution is -2.53. The van der Waals surface area contributed by atoms with Crippen LogP contribution in [0.1, 0.15) is 73.4 Å². The fraction of sp³-hybridized carbons (Fsp3) is 0.576. The van der Waals surface area contributed by atoms with E-state index in [0.717, 1.165) is 17.7 Å². The van der Waals surface area contributed by atoms with Crippen LogP contribution in [0, 0.1) is 5.41 Å². The van der Waals surface area contributed by atoms with Crippen LogP contribution in [0.15, 0.2) is 60.7 Å². The molecular weight excluding hydrogens is 502 g/mol. The van der Waals surface area contributed by atoms with E-state index in [1.54, 1.807) is 0 Å². The summed E-state index contributed by atoms with van der Waals surface area (Å²) in [6.07, 6.45) is 0.446. The van der Waals surface area contributed by atoms with Crippen LogP contribution in [0.2, 0.25) is 0 Å². The zero-order valence-electron chi connectivity index (χ0n) is 26.0. The van der Waals surface area contributed by atoms with Gasteiger partial charge in [0.05, 0.1) is 0 Å². The molecule has 0 heterocycles. The third-order valence-corrected chi connectivity index (χ3v) is 5.75. The Morgan fingerprint density at radius 3 is 1.30 bits per heavy atom. The van der Waals surface area contributed by atoms with Crippen molar-refractivity contribution in [2.24, 2.45) is 5.41 Å². The van der Waals surface area contributed by atoms with E-state index in [4.69, 9.17) is 9.47 Å². The first kappa shape index (κ1) is 33.1. The van der Waals surface area contributed by atoms with Crippen molar-refractivity contribution in [3.05, 3.63) is 71.8 Å². The maximum Gasteiger partial charge on any atom is 0.407 e. The molecule has 7 nitrogen and oxygen atoms in total. The molecule has 2 amide bonds. The zero-order chi connectivity index (χ0) is 30.0. The average molecular weight is 554 g/mol. The molecule has 0 aliphatic heterocycles. The Morgan fingerprint density at radius 2 is 1.00 bits per heavy atom. The number of nitrogens with zero attached hydrogens (tertiary/aromatic N) is 1. The van der Waals surface area contributed by atoms with E-state index >= 15 is 0 Å². The first-order valence-electron chi connectivity index (χ1n) is 14.3. The van der Waals surface area contributed by atoms with E-state index in [2.05, 4.69) is 60.6 Å². The van der Waals surface area contributed by atoms with Crippen molar-refractivity contribution in [2.75, 3.05) is 19.6 Å². The smallest absolute Gasteiger partial charge is 0.407 e. The SMILES string of the molecule is CC(C)(C)CN(CC(Cc1ccccc1)NC(=O)OC(C)(C)C)CC(Cc1ccccc1)NC(=O)OC(C)(C)C. The van der Waals surface area contributed by atoms with E-state index < -0.39 is 23.4 Å². The highest BCUT2D eigenvalue weighted by molar-refractivity contribution is 5.68. The molecule has 2 unspecified atom stereocenters. The summed E-state index contributed by atoms with van der Waals surface area (Å²) in [6, 6.07) is 19.9. The van der Waals surface area contributed by atoms with E-state index in [0.29, 0.717) is 25.9 Å². The van der Waals surface area contributed by atoms with Gasteiger partial charge < -0.3 is 20.1 Å². The van der Waals surface area contributed by atoms with Gasteiger partial charge in [-0.2, -0.15) is 0 Å². The molecule has 0 aliphatic rings. The van der Waals surface area contributed by atoms with Crippen LogP contribution in [0.3, 0.4) is 0 Å². The maximum absolute atomic E-state index is 12.8. The molecule has 0 aromatic heterocycles. The molecule has 2 aromatic rings. The van der Waals surface area contributed by atoms with E-state index in [1.165, 1.54) is 0 Å². The largest absolute Gasteiger partial charge is 0.444 e. The molecule has 0 saturated heterocycles. The first-order chi connectivity index (χ1) is 18.5. The fourth-order valence-corrected chi connectivity index (χ4v) is 4.57. The predicted octanol–water partition coefficient (Wildman–Crippen LogP) is 6.61. The molecule has 7 heteroatoms. The number of carbonyl (C=O) groups excluding carboxylic acids is 2. The highest BCUT2D eigenvalue weighted by Crippen LogP contribution is 2.18. The van der Waals surface area contributed by atoms with Crippen molar-refractivity contribution in [2.45, 2.75) is 98.4 Å². The van der Waals surface area contributed by atoms with Crippen molar-refractivity contribution in [3.8, 4) is 0 Å². The Labute approximate surface area is 242 Å². The molecule has 2 aromatic carbocycles. The third kappa shape index (κ3) is 14.9. The van der Waals surface area contributed by atoms with Gasteiger partial charge in [-0.1, -0.05) is 81.4 Å². The highest BCUT2D eigenvalue weighted by Gasteiger charge is 2.27. The van der Waals surface area contributed by atoms with Crippen LogP contribution in [0.4, 0.5) is 9.59 Å². The average Bonchev–Trinajstić information content (AvgIpc) is 2.76. The molecule has 0 bridgehead atoms. The van der Waals surface area contributed by atoms with Crippen LogP contribution in [-0.2, 0) is 22.3 Å². The van der Waals surface area contributed by atoms with Crippen LogP contribution < -0.4 is 10.6 Å². The number of benzene rings is 2. The van der Waals surface area contributed by atoms with Crippen LogP contribution >= 0.6 is 0 Å². The lowest BCUT2D eigenvalue weighted by Gasteiger charge is -2.36. The molecule has 2 N–H and O–H groups in total. The van der Waals surface area contributed by atoms with Gasteiger partial charge in [0.25, 0.3) is 0 Å². The minimum absolute atomic E-state index is 0.00751. The van der Waals surface area contributed by atoms with E-state index in [1.807, 2.05) is 77.9 Å². The second kappa shape index (κ2) is 14.5. The van der Waals surface area contributed by atoms with Crippen LogP contribution in [0.5, 0.6) is 0 Å². The summed E-state index contributed by atoms with van der Waals surface area (Å²) in [6.45, 7) is 19.7. The molecule has 0 saturated carbocycles. The lowest BCUT2D eigenvalue weighted by atomic mass is 9.94. The molecule has 0 fully saturated rings. The topological polar surface area (TPSA) is 79.9 Å². The standard InChI is InChI=1S/C33H51N3O4/c1-31(2,3)24-36(22-27(20-25-16-12-10-13-17-25)34-29(37)39-32(4,5)6)23-28(21-26-18-14-11-15-19-26)35-30(38)40-33(7,8)9/h10-19,27-28H,20-24H2,1-9H3,(H,34,37)(H,35,38). The van der Waals surface area contributed by atoms with Crippen molar-refractivity contribution in [1.29, 1.82) is 0 Å². The van der Waals surface area contributed by atoms with Gasteiger partial charge in [0, 0.05) is 31.7 Å². The molecular formula is C33H51N3O4. The summed E-state index contributed by atoms with van der Waals surface area (Å²) in [5, 5.41) is 6.24. The summed E-state index contributed by atoms with van der Waals surface area (Å²) in [5.41, 5.74) is 1.07. The second-order valence-corrected chi connectivity index (χ2v) is 13.8. The number of carbonyl (C=O) groups is 2. The second-order valence-electron chi connectivity index (χ2n) is 13.8. The van der Waals surface area contributed by atoms with Crippen LogP contribution in [0.25, 0.3) is 0 Å². The first-order valence-corrected chi connectivity index (χ1v) is 14.3. The van der Waals surface area contributed by atoms with Crippen molar-refractivity contribution in [3.63, 3.8) is 0 Å². The van der Waals surface area contributed by atoms with Gasteiger partial charge in [0.15, 0.2) is 0 Å². The fourth-order valence-electron chi connectivity index (χ4n) is 4.57. The van der Waals surface area contributed by atoms with Gasteiger partial charge in [0.1, 0.15) is 11.2 Å². The van der Waals surface area contributed by atoms with Gasteiger partial charge in [0.2, 0.25) is 0 Å². The summed E-state index contributed by atoms with van der Waals surface area (Å²) < 4.78 is 11.2. The van der Waals surface area contributed by atoms with Crippen LogP contribution in [-0.4, -0.2) is 60.0 Å². The number of alkyl carbamates (subject to hydrolysis) is 2. The molecule has 222 valence electrons. The summed E-state index contributed by atoms with van der Waals surface area (Å²) in [4.78, 5) is 28.0. The monoisotopic (exact) mass is 553 g/mol. The Balaban J connectivity index is 2.31. The molecule has 40 heavy (non-hydrogen) atoms. The molecule has 0 radical (unpaired) electrons. The van der Waals surface area contributed by atoms with Gasteiger partial charge in [-0.3, -0.25) is 4.90 Å². The number of hydrogen-bond donors (Lipinski definition) is 2. The molecule has 0 spiro atoms.